The van der Waals surface area contributed by atoms with Crippen molar-refractivity contribution in [1.82, 2.24) is 10.6 Å². The first-order valence-corrected chi connectivity index (χ1v) is 6.34. The third kappa shape index (κ3) is 9.01. The number of hydrogen-bond donors (Lipinski definition) is 4. The summed E-state index contributed by atoms with van der Waals surface area (Å²) < 4.78 is 0. The minimum absolute atomic E-state index is 0.0533. The van der Waals surface area contributed by atoms with Crippen molar-refractivity contribution in [3.8, 4) is 0 Å². The fourth-order valence-electron chi connectivity index (χ4n) is 1.37. The Hall–Kier alpha value is -1.63. The molecule has 4 N–H and O–H groups in total. The van der Waals surface area contributed by atoms with Crippen LogP contribution in [0.2, 0.25) is 0 Å². The summed E-state index contributed by atoms with van der Waals surface area (Å²) in [4.78, 5) is 32.8. The molecule has 7 nitrogen and oxygen atoms in total. The quantitative estimate of drug-likeness (QED) is 0.452. The van der Waals surface area contributed by atoms with Crippen LogP contribution in [0.4, 0.5) is 0 Å². The lowest BCUT2D eigenvalue weighted by molar-refractivity contribution is -0.142. The van der Waals surface area contributed by atoms with Gasteiger partial charge in [-0.25, -0.2) is 4.79 Å². The smallest absolute Gasteiger partial charge is 0.326 e. The zero-order chi connectivity index (χ0) is 14.8. The van der Waals surface area contributed by atoms with Gasteiger partial charge in [-0.3, -0.25) is 9.59 Å². The molecule has 0 heterocycles. The Bertz CT molecular complexity index is 319. The summed E-state index contributed by atoms with van der Waals surface area (Å²) in [5, 5.41) is 22.7. The Balaban J connectivity index is 4.08. The number of amides is 1. The van der Waals surface area contributed by atoms with E-state index in [-0.39, 0.29) is 31.8 Å². The average molecular weight is 274 g/mol. The van der Waals surface area contributed by atoms with Crippen molar-refractivity contribution >= 4 is 17.8 Å². The second-order valence-electron chi connectivity index (χ2n) is 4.43. The molecule has 19 heavy (non-hydrogen) atoms. The monoisotopic (exact) mass is 274 g/mol. The van der Waals surface area contributed by atoms with Gasteiger partial charge in [0.25, 0.3) is 0 Å². The number of rotatable bonds is 10. The molecule has 0 aromatic heterocycles. The Labute approximate surface area is 112 Å². The molecular formula is C12H22N2O5. The van der Waals surface area contributed by atoms with Gasteiger partial charge in [-0.05, 0) is 26.2 Å². The maximum Gasteiger partial charge on any atom is 0.326 e. The van der Waals surface area contributed by atoms with Gasteiger partial charge in [-0.2, -0.15) is 0 Å². The van der Waals surface area contributed by atoms with E-state index in [2.05, 4.69) is 10.6 Å². The predicted molar refractivity (Wildman–Crippen MR) is 68.8 cm³/mol. The van der Waals surface area contributed by atoms with E-state index in [4.69, 9.17) is 10.2 Å². The maximum absolute atomic E-state index is 11.5. The Morgan fingerprint density at radius 2 is 1.84 bits per heavy atom. The second-order valence-corrected chi connectivity index (χ2v) is 4.43. The van der Waals surface area contributed by atoms with E-state index in [1.165, 1.54) is 0 Å². The molecule has 0 aromatic rings. The fourth-order valence-corrected chi connectivity index (χ4v) is 1.37. The van der Waals surface area contributed by atoms with E-state index < -0.39 is 23.9 Å². The first-order valence-electron chi connectivity index (χ1n) is 6.34. The predicted octanol–water partition coefficient (Wildman–Crippen LogP) is 0.199. The van der Waals surface area contributed by atoms with Crippen molar-refractivity contribution in [2.75, 3.05) is 6.54 Å². The van der Waals surface area contributed by atoms with Crippen molar-refractivity contribution in [2.45, 2.75) is 51.6 Å². The summed E-state index contributed by atoms with van der Waals surface area (Å²) in [6.45, 7) is 3.95. The van der Waals surface area contributed by atoms with E-state index in [1.807, 2.05) is 13.8 Å². The highest BCUT2D eigenvalue weighted by molar-refractivity contribution is 5.84. The highest BCUT2D eigenvalue weighted by Gasteiger charge is 2.19. The summed E-state index contributed by atoms with van der Waals surface area (Å²) >= 11 is 0. The summed E-state index contributed by atoms with van der Waals surface area (Å²) in [6.07, 6.45) is 1.08. The molecular weight excluding hydrogens is 252 g/mol. The van der Waals surface area contributed by atoms with Gasteiger partial charge in [0.15, 0.2) is 0 Å². The molecule has 2 atom stereocenters. The molecule has 0 fully saturated rings. The van der Waals surface area contributed by atoms with Crippen LogP contribution in [-0.2, 0) is 14.4 Å². The standard InChI is InChI=1S/C12H22N2O5/c1-3-8(2)13-7-10(15)14-9(12(18)19)5-4-6-11(16)17/h8-9,13H,3-7H2,1-2H3,(H,14,15)(H,16,17)(H,18,19)/t8?,9-/m1/s1. The minimum atomic E-state index is -1.15. The third-order valence-electron chi connectivity index (χ3n) is 2.74. The lowest BCUT2D eigenvalue weighted by Crippen LogP contribution is -2.45. The summed E-state index contributed by atoms with van der Waals surface area (Å²) in [5.74, 6) is -2.53. The van der Waals surface area contributed by atoms with Crippen LogP contribution >= 0.6 is 0 Å². The molecule has 0 rings (SSSR count). The van der Waals surface area contributed by atoms with Crippen LogP contribution in [0.25, 0.3) is 0 Å². The van der Waals surface area contributed by atoms with Crippen molar-refractivity contribution in [3.63, 3.8) is 0 Å². The van der Waals surface area contributed by atoms with Gasteiger partial charge < -0.3 is 20.8 Å². The van der Waals surface area contributed by atoms with E-state index in [0.29, 0.717) is 0 Å². The van der Waals surface area contributed by atoms with E-state index in [0.717, 1.165) is 6.42 Å². The van der Waals surface area contributed by atoms with Gasteiger partial charge in [0.2, 0.25) is 5.91 Å². The van der Waals surface area contributed by atoms with Crippen LogP contribution in [0.1, 0.15) is 39.5 Å². The number of nitrogens with one attached hydrogen (secondary N) is 2. The molecule has 1 unspecified atom stereocenters. The van der Waals surface area contributed by atoms with Crippen molar-refractivity contribution < 1.29 is 24.6 Å². The molecule has 110 valence electrons. The van der Waals surface area contributed by atoms with Gasteiger partial charge in [-0.15, -0.1) is 0 Å². The Kier molecular flexibility index (Phi) is 8.52. The van der Waals surface area contributed by atoms with Gasteiger partial charge >= 0.3 is 11.9 Å². The molecule has 0 saturated heterocycles. The van der Waals surface area contributed by atoms with Gasteiger partial charge in [0, 0.05) is 12.5 Å². The lowest BCUT2D eigenvalue weighted by Gasteiger charge is -2.16. The Morgan fingerprint density at radius 1 is 1.21 bits per heavy atom. The highest BCUT2D eigenvalue weighted by Crippen LogP contribution is 2.01. The molecule has 1 amide bonds. The van der Waals surface area contributed by atoms with E-state index >= 15 is 0 Å². The zero-order valence-electron chi connectivity index (χ0n) is 11.3. The van der Waals surface area contributed by atoms with Crippen LogP contribution in [0.5, 0.6) is 0 Å². The molecule has 0 saturated carbocycles. The number of carboxylic acid groups (broad SMARTS) is 2. The summed E-state index contributed by atoms with van der Waals surface area (Å²) in [5.41, 5.74) is 0. The minimum Gasteiger partial charge on any atom is -0.481 e. The van der Waals surface area contributed by atoms with Crippen molar-refractivity contribution in [3.05, 3.63) is 0 Å². The third-order valence-corrected chi connectivity index (χ3v) is 2.74. The van der Waals surface area contributed by atoms with E-state index in [9.17, 15) is 14.4 Å². The average Bonchev–Trinajstić information content (AvgIpc) is 2.34. The molecule has 0 spiro atoms. The fraction of sp³-hybridized carbons (Fsp3) is 0.750. The first kappa shape index (κ1) is 17.4. The highest BCUT2D eigenvalue weighted by atomic mass is 16.4. The summed E-state index contributed by atoms with van der Waals surface area (Å²) in [7, 11) is 0. The molecule has 0 aliphatic heterocycles. The number of aliphatic carboxylic acids is 2. The van der Waals surface area contributed by atoms with Crippen molar-refractivity contribution in [1.29, 1.82) is 0 Å². The Morgan fingerprint density at radius 3 is 2.32 bits per heavy atom. The molecule has 0 aliphatic rings. The van der Waals surface area contributed by atoms with Gasteiger partial charge in [-0.1, -0.05) is 6.92 Å². The lowest BCUT2D eigenvalue weighted by atomic mass is 10.1. The maximum atomic E-state index is 11.5. The summed E-state index contributed by atoms with van der Waals surface area (Å²) in [6, 6.07) is -0.855. The van der Waals surface area contributed by atoms with Crippen LogP contribution < -0.4 is 10.6 Å². The topological polar surface area (TPSA) is 116 Å². The number of carbonyl (C=O) groups excluding carboxylic acids is 1. The van der Waals surface area contributed by atoms with E-state index in [1.54, 1.807) is 0 Å². The number of carbonyl (C=O) groups is 3. The molecule has 0 aromatic carbocycles. The van der Waals surface area contributed by atoms with Gasteiger partial charge in [0.05, 0.1) is 6.54 Å². The first-order chi connectivity index (χ1) is 8.86. The van der Waals surface area contributed by atoms with Crippen LogP contribution in [0, 0.1) is 0 Å². The molecule has 0 bridgehead atoms. The largest absolute Gasteiger partial charge is 0.481 e. The van der Waals surface area contributed by atoms with Crippen molar-refractivity contribution in [2.24, 2.45) is 0 Å². The zero-order valence-corrected chi connectivity index (χ0v) is 11.3. The molecule has 7 heteroatoms. The number of carboxylic acids is 2. The van der Waals surface area contributed by atoms with Crippen LogP contribution in [0.3, 0.4) is 0 Å². The van der Waals surface area contributed by atoms with Crippen LogP contribution in [0.15, 0.2) is 0 Å². The molecule has 0 radical (unpaired) electrons. The number of hydrogen-bond acceptors (Lipinski definition) is 4. The van der Waals surface area contributed by atoms with Crippen LogP contribution in [-0.4, -0.2) is 46.7 Å². The normalized spacial score (nSPS) is 13.6. The van der Waals surface area contributed by atoms with Gasteiger partial charge in [0.1, 0.15) is 6.04 Å². The second kappa shape index (κ2) is 9.32. The molecule has 0 aliphatic carbocycles. The SMILES string of the molecule is CCC(C)NCC(=O)N[C@H](CCCC(=O)O)C(=O)O.